The van der Waals surface area contributed by atoms with Crippen LogP contribution in [0.15, 0.2) is 0 Å². The summed E-state index contributed by atoms with van der Waals surface area (Å²) in [7, 11) is 0. The van der Waals surface area contributed by atoms with Gasteiger partial charge in [0.1, 0.15) is 0 Å². The van der Waals surface area contributed by atoms with Crippen LogP contribution in [0.4, 0.5) is 0 Å². The molecule has 0 saturated heterocycles. The van der Waals surface area contributed by atoms with Gasteiger partial charge in [-0.25, -0.2) is 0 Å². The Morgan fingerprint density at radius 3 is 0.913 bits per heavy atom. The molecule has 0 rings (SSSR count). The van der Waals surface area contributed by atoms with E-state index in [1.165, 1.54) is 0 Å². The Labute approximate surface area is 134 Å². The summed E-state index contributed by atoms with van der Waals surface area (Å²) >= 11 is 0. The van der Waals surface area contributed by atoms with Crippen molar-refractivity contribution in [2.45, 2.75) is 57.8 Å². The van der Waals surface area contributed by atoms with Gasteiger partial charge in [-0.15, -0.1) is 0 Å². The summed E-state index contributed by atoms with van der Waals surface area (Å²) in [6.07, 6.45) is 5.32. The first-order valence-corrected chi connectivity index (χ1v) is 7.68. The lowest BCUT2D eigenvalue weighted by molar-refractivity contribution is -0.156. The van der Waals surface area contributed by atoms with E-state index in [-0.39, 0.29) is 12.8 Å². The number of carboxylic acids is 4. The highest BCUT2D eigenvalue weighted by molar-refractivity contribution is 5.93. The van der Waals surface area contributed by atoms with Crippen molar-refractivity contribution in [3.8, 4) is 0 Å². The first-order chi connectivity index (χ1) is 10.8. The molecule has 0 unspecified atom stereocenters. The molecule has 0 saturated carbocycles. The van der Waals surface area contributed by atoms with Crippen molar-refractivity contribution in [1.29, 1.82) is 0 Å². The summed E-state index contributed by atoms with van der Waals surface area (Å²) < 4.78 is 0. The highest BCUT2D eigenvalue weighted by Gasteiger charge is 2.25. The summed E-state index contributed by atoms with van der Waals surface area (Å²) in [5, 5.41) is 34.8. The van der Waals surface area contributed by atoms with Crippen molar-refractivity contribution in [3.05, 3.63) is 0 Å². The molecule has 132 valence electrons. The molecule has 0 aromatic carbocycles. The smallest absolute Gasteiger partial charge is 0.317 e. The summed E-state index contributed by atoms with van der Waals surface area (Å²) in [6, 6.07) is 0. The van der Waals surface area contributed by atoms with Crippen LogP contribution in [0, 0.1) is 11.8 Å². The van der Waals surface area contributed by atoms with Gasteiger partial charge in [0.2, 0.25) is 0 Å². The number of carbonyl (C=O) groups is 4. The zero-order valence-electron chi connectivity index (χ0n) is 12.9. The van der Waals surface area contributed by atoms with Gasteiger partial charge in [0, 0.05) is 0 Å². The Morgan fingerprint density at radius 1 is 0.478 bits per heavy atom. The molecule has 4 N–H and O–H groups in total. The third kappa shape index (κ3) is 9.49. The van der Waals surface area contributed by atoms with Crippen molar-refractivity contribution in [1.82, 2.24) is 0 Å². The molecular weight excluding hydrogens is 308 g/mol. The van der Waals surface area contributed by atoms with Crippen LogP contribution in [0.3, 0.4) is 0 Å². The third-order valence-corrected chi connectivity index (χ3v) is 3.68. The molecule has 0 aromatic heterocycles. The number of hydrogen-bond donors (Lipinski definition) is 4. The fourth-order valence-electron chi connectivity index (χ4n) is 2.29. The molecule has 0 atom stereocenters. The highest BCUT2D eigenvalue weighted by atomic mass is 16.4. The summed E-state index contributed by atoms with van der Waals surface area (Å²) in [5.41, 5.74) is 0. The molecule has 0 spiro atoms. The quantitative estimate of drug-likeness (QED) is 0.279. The summed E-state index contributed by atoms with van der Waals surface area (Å²) in [4.78, 5) is 42.7. The highest BCUT2D eigenvalue weighted by Crippen LogP contribution is 2.15. The van der Waals surface area contributed by atoms with Crippen LogP contribution in [0.2, 0.25) is 0 Å². The van der Waals surface area contributed by atoms with Crippen molar-refractivity contribution in [3.63, 3.8) is 0 Å². The van der Waals surface area contributed by atoms with Gasteiger partial charge in [0.25, 0.3) is 0 Å². The standard InChI is InChI=1S/C15H24O8/c16-12(17)10(13(18)19)8-6-4-2-1-3-5-7-9-11(14(20)21)15(22)23/h10-11H,1-9H2,(H,16,17)(H,18,19)(H,20,21)(H,22,23). The number of hydrogen-bond acceptors (Lipinski definition) is 4. The van der Waals surface area contributed by atoms with Gasteiger partial charge in [-0.05, 0) is 12.8 Å². The van der Waals surface area contributed by atoms with Crippen LogP contribution in [-0.2, 0) is 19.2 Å². The minimum absolute atomic E-state index is 0.115. The molecule has 0 heterocycles. The molecule has 8 nitrogen and oxygen atoms in total. The van der Waals surface area contributed by atoms with Gasteiger partial charge < -0.3 is 20.4 Å². The van der Waals surface area contributed by atoms with E-state index in [9.17, 15) is 19.2 Å². The lowest BCUT2D eigenvalue weighted by atomic mass is 9.99. The Morgan fingerprint density at radius 2 is 0.696 bits per heavy atom. The van der Waals surface area contributed by atoms with Gasteiger partial charge in [0.15, 0.2) is 11.8 Å². The summed E-state index contributed by atoms with van der Waals surface area (Å²) in [6.45, 7) is 0. The molecule has 8 heteroatoms. The van der Waals surface area contributed by atoms with E-state index in [1.807, 2.05) is 0 Å². The third-order valence-electron chi connectivity index (χ3n) is 3.68. The second-order valence-corrected chi connectivity index (χ2v) is 5.51. The fourth-order valence-corrected chi connectivity index (χ4v) is 2.29. The SMILES string of the molecule is O=C(O)C(CCCCCCCCCC(C(=O)O)C(=O)O)C(=O)O. The molecule has 0 bridgehead atoms. The maximum absolute atomic E-state index is 10.7. The van der Waals surface area contributed by atoms with E-state index in [4.69, 9.17) is 20.4 Å². The molecule has 0 aliphatic heterocycles. The molecule has 0 aliphatic rings. The molecule has 0 aromatic rings. The van der Waals surface area contributed by atoms with E-state index in [0.29, 0.717) is 12.8 Å². The average molecular weight is 332 g/mol. The zero-order chi connectivity index (χ0) is 17.8. The normalized spacial score (nSPS) is 10.9. The van der Waals surface area contributed by atoms with Crippen LogP contribution in [0.5, 0.6) is 0 Å². The van der Waals surface area contributed by atoms with Crippen LogP contribution in [-0.4, -0.2) is 44.3 Å². The number of carboxylic acid groups (broad SMARTS) is 4. The van der Waals surface area contributed by atoms with Crippen LogP contribution in [0.1, 0.15) is 57.8 Å². The van der Waals surface area contributed by atoms with Gasteiger partial charge in [-0.1, -0.05) is 44.9 Å². The predicted molar refractivity (Wildman–Crippen MR) is 79.1 cm³/mol. The lowest BCUT2D eigenvalue weighted by Gasteiger charge is -2.08. The molecule has 0 amide bonds. The van der Waals surface area contributed by atoms with E-state index in [0.717, 1.165) is 32.1 Å². The van der Waals surface area contributed by atoms with Gasteiger partial charge in [-0.2, -0.15) is 0 Å². The van der Waals surface area contributed by atoms with E-state index >= 15 is 0 Å². The maximum Gasteiger partial charge on any atom is 0.317 e. The number of aliphatic carboxylic acids is 4. The molecule has 0 radical (unpaired) electrons. The second-order valence-electron chi connectivity index (χ2n) is 5.51. The molecule has 23 heavy (non-hydrogen) atoms. The van der Waals surface area contributed by atoms with Crippen molar-refractivity contribution in [2.75, 3.05) is 0 Å². The molecule has 0 fully saturated rings. The van der Waals surface area contributed by atoms with Gasteiger partial charge >= 0.3 is 23.9 Å². The van der Waals surface area contributed by atoms with E-state index < -0.39 is 35.7 Å². The average Bonchev–Trinajstić information content (AvgIpc) is 2.42. The zero-order valence-corrected chi connectivity index (χ0v) is 12.9. The van der Waals surface area contributed by atoms with Crippen molar-refractivity contribution >= 4 is 23.9 Å². The first-order valence-electron chi connectivity index (χ1n) is 7.68. The monoisotopic (exact) mass is 332 g/mol. The predicted octanol–water partition coefficient (Wildman–Crippen LogP) is 2.07. The Kier molecular flexibility index (Phi) is 10.4. The van der Waals surface area contributed by atoms with Crippen LogP contribution < -0.4 is 0 Å². The fraction of sp³-hybridized carbons (Fsp3) is 0.733. The van der Waals surface area contributed by atoms with Crippen LogP contribution >= 0.6 is 0 Å². The lowest BCUT2D eigenvalue weighted by Crippen LogP contribution is -2.23. The minimum atomic E-state index is -1.35. The van der Waals surface area contributed by atoms with Crippen molar-refractivity contribution < 1.29 is 39.6 Å². The Bertz CT molecular complexity index is 352. The first kappa shape index (κ1) is 20.9. The number of rotatable bonds is 14. The van der Waals surface area contributed by atoms with E-state index in [2.05, 4.69) is 0 Å². The molecular formula is C15H24O8. The van der Waals surface area contributed by atoms with Crippen LogP contribution in [0.25, 0.3) is 0 Å². The van der Waals surface area contributed by atoms with E-state index in [1.54, 1.807) is 0 Å². The number of unbranched alkanes of at least 4 members (excludes halogenated alkanes) is 6. The largest absolute Gasteiger partial charge is 0.481 e. The van der Waals surface area contributed by atoms with Crippen molar-refractivity contribution in [2.24, 2.45) is 11.8 Å². The Balaban J connectivity index is 3.64. The summed E-state index contributed by atoms with van der Waals surface area (Å²) in [5.74, 6) is -7.96. The molecule has 0 aliphatic carbocycles. The van der Waals surface area contributed by atoms with Gasteiger partial charge in [-0.3, -0.25) is 19.2 Å². The minimum Gasteiger partial charge on any atom is -0.481 e. The Hall–Kier alpha value is -2.12. The second kappa shape index (κ2) is 11.4. The topological polar surface area (TPSA) is 149 Å². The maximum atomic E-state index is 10.7. The van der Waals surface area contributed by atoms with Gasteiger partial charge in [0.05, 0.1) is 0 Å².